The quantitative estimate of drug-likeness (QED) is 0.327. The van der Waals surface area contributed by atoms with Crippen molar-refractivity contribution < 1.29 is 41.4 Å². The Morgan fingerprint density at radius 2 is 1.86 bits per heavy atom. The smallest absolute Gasteiger partial charge is 0.387 e. The summed E-state index contributed by atoms with van der Waals surface area (Å²) in [4.78, 5) is 35.9. The fourth-order valence-electron chi connectivity index (χ4n) is 5.16. The molecule has 1 fully saturated rings. The number of pyridine rings is 1. The number of aliphatic hydroxyl groups excluding tert-OH is 1. The zero-order chi connectivity index (χ0) is 30.8. The van der Waals surface area contributed by atoms with Crippen LogP contribution in [0.15, 0.2) is 30.5 Å². The number of benzene rings is 1. The minimum atomic E-state index is -4.79. The number of rotatable bonds is 9. The molecule has 0 bridgehead atoms. The van der Waals surface area contributed by atoms with Crippen molar-refractivity contribution in [1.29, 1.82) is 0 Å². The second-order valence-electron chi connectivity index (χ2n) is 9.92. The van der Waals surface area contributed by atoms with E-state index < -0.39 is 49.1 Å². The van der Waals surface area contributed by atoms with Crippen LogP contribution in [-0.4, -0.2) is 83.1 Å². The molecule has 9 nitrogen and oxygen atoms in total. The van der Waals surface area contributed by atoms with E-state index in [0.29, 0.717) is 20.4 Å². The van der Waals surface area contributed by atoms with Crippen LogP contribution in [0.3, 0.4) is 0 Å². The lowest BCUT2D eigenvalue weighted by Crippen LogP contribution is -2.47. The first-order valence-corrected chi connectivity index (χ1v) is 13.8. The summed E-state index contributed by atoms with van der Waals surface area (Å²) in [7, 11) is 2.24. The molecule has 4 rings (SSSR count). The molecule has 15 heteroatoms. The molecule has 1 aliphatic rings. The van der Waals surface area contributed by atoms with Gasteiger partial charge < -0.3 is 25.0 Å². The van der Waals surface area contributed by atoms with Crippen LogP contribution in [-0.2, 0) is 14.3 Å². The van der Waals surface area contributed by atoms with Gasteiger partial charge in [0.15, 0.2) is 6.04 Å². The summed E-state index contributed by atoms with van der Waals surface area (Å²) >= 11 is 1.23. The highest BCUT2D eigenvalue weighted by molar-refractivity contribution is 7.18. The van der Waals surface area contributed by atoms with Gasteiger partial charge in [0.25, 0.3) is 6.43 Å². The average molecular weight is 616 g/mol. The third-order valence-corrected chi connectivity index (χ3v) is 8.10. The number of hydrogen-bond donors (Lipinski definition) is 2. The fourth-order valence-corrected chi connectivity index (χ4v) is 5.94. The van der Waals surface area contributed by atoms with Gasteiger partial charge in [-0.1, -0.05) is 23.5 Å². The Balaban J connectivity index is 1.57. The van der Waals surface area contributed by atoms with E-state index in [-0.39, 0.29) is 48.3 Å². The summed E-state index contributed by atoms with van der Waals surface area (Å²) < 4.78 is 75.6. The van der Waals surface area contributed by atoms with Gasteiger partial charge in [-0.15, -0.1) is 0 Å². The first-order valence-electron chi connectivity index (χ1n) is 13.0. The maximum absolute atomic E-state index is 14.3. The number of anilines is 2. The lowest BCUT2D eigenvalue weighted by Gasteiger charge is -2.36. The number of methoxy groups -OCH3 is 1. The van der Waals surface area contributed by atoms with Gasteiger partial charge in [0, 0.05) is 44.4 Å². The molecule has 0 aliphatic carbocycles. The monoisotopic (exact) mass is 615 g/mol. The zero-order valence-corrected chi connectivity index (χ0v) is 23.8. The molecular formula is C27H30F5N5O4S. The summed E-state index contributed by atoms with van der Waals surface area (Å²) in [5.74, 6) is -1.90. The topological polar surface area (TPSA) is 108 Å². The number of alkyl halides is 5. The van der Waals surface area contributed by atoms with Crippen LogP contribution in [0, 0.1) is 12.8 Å². The number of aromatic nitrogens is 2. The number of thiazole rings is 1. The van der Waals surface area contributed by atoms with E-state index in [1.807, 2.05) is 0 Å². The van der Waals surface area contributed by atoms with Crippen molar-refractivity contribution in [1.82, 2.24) is 19.8 Å². The van der Waals surface area contributed by atoms with E-state index in [0.717, 1.165) is 14.2 Å². The van der Waals surface area contributed by atoms with Gasteiger partial charge in [-0.05, 0) is 37.5 Å². The molecule has 0 radical (unpaired) electrons. The molecule has 1 aliphatic heterocycles. The van der Waals surface area contributed by atoms with Crippen LogP contribution in [0.4, 0.5) is 33.3 Å². The van der Waals surface area contributed by atoms with Crippen molar-refractivity contribution in [3.8, 4) is 0 Å². The number of aliphatic hydroxyl groups is 1. The Bertz CT molecular complexity index is 1410. The second kappa shape index (κ2) is 12.8. The van der Waals surface area contributed by atoms with Crippen molar-refractivity contribution >= 4 is 44.9 Å². The molecule has 2 atom stereocenters. The number of ether oxygens (including phenoxy) is 1. The minimum Gasteiger partial charge on any atom is -0.387 e. The number of carbonyl (C=O) groups excluding carboxylic acids is 2. The predicted octanol–water partition coefficient (Wildman–Crippen LogP) is 4.99. The van der Waals surface area contributed by atoms with Crippen LogP contribution < -0.4 is 5.32 Å². The van der Waals surface area contributed by atoms with Gasteiger partial charge in [0.05, 0.1) is 16.9 Å². The van der Waals surface area contributed by atoms with Crippen molar-refractivity contribution in [2.45, 2.75) is 44.5 Å². The molecule has 0 unspecified atom stereocenters. The van der Waals surface area contributed by atoms with Crippen molar-refractivity contribution in [2.24, 2.45) is 5.92 Å². The SMILES string of the molecule is CO[C@@H](c1c(Nc2ccc([C@H](N(C)C(=O)C3CCN(C(=O)CO)CC3)C(F)(F)F)cc2)cnc2sc(C)nc12)C(F)F. The highest BCUT2D eigenvalue weighted by Gasteiger charge is 2.46. The highest BCUT2D eigenvalue weighted by atomic mass is 32.1. The minimum absolute atomic E-state index is 0.0798. The maximum atomic E-state index is 14.3. The summed E-state index contributed by atoms with van der Waals surface area (Å²) in [6.07, 6.45) is -7.58. The van der Waals surface area contributed by atoms with Crippen LogP contribution in [0.1, 0.15) is 41.1 Å². The number of nitrogens with zero attached hydrogens (tertiary/aromatic N) is 4. The van der Waals surface area contributed by atoms with Crippen LogP contribution in [0.25, 0.3) is 10.3 Å². The molecule has 1 saturated heterocycles. The predicted molar refractivity (Wildman–Crippen MR) is 146 cm³/mol. The number of fused-ring (bicyclic) bond motifs is 1. The number of aryl methyl sites for hydroxylation is 1. The Kier molecular flexibility index (Phi) is 9.63. The maximum Gasteiger partial charge on any atom is 0.413 e. The van der Waals surface area contributed by atoms with E-state index in [9.17, 15) is 31.5 Å². The molecule has 2 aromatic heterocycles. The number of likely N-dealkylation sites (tertiary alicyclic amines) is 1. The first kappa shape index (κ1) is 31.5. The molecule has 42 heavy (non-hydrogen) atoms. The lowest BCUT2D eigenvalue weighted by molar-refractivity contribution is -0.191. The average Bonchev–Trinajstić information content (AvgIpc) is 3.34. The first-order chi connectivity index (χ1) is 19.8. The Morgan fingerprint density at radius 1 is 1.21 bits per heavy atom. The molecule has 0 saturated carbocycles. The Labute approximate surface area is 242 Å². The normalized spacial score (nSPS) is 16.1. The summed E-state index contributed by atoms with van der Waals surface area (Å²) in [6, 6.07) is 2.91. The fraction of sp³-hybridized carbons (Fsp3) is 0.481. The van der Waals surface area contributed by atoms with E-state index in [2.05, 4.69) is 15.3 Å². The zero-order valence-electron chi connectivity index (χ0n) is 23.0. The summed E-state index contributed by atoms with van der Waals surface area (Å²) in [6.45, 7) is 1.38. The van der Waals surface area contributed by atoms with Gasteiger partial charge >= 0.3 is 6.18 Å². The molecule has 2 amide bonds. The van der Waals surface area contributed by atoms with Crippen molar-refractivity contribution in [3.05, 3.63) is 46.6 Å². The van der Waals surface area contributed by atoms with Gasteiger partial charge in [-0.3, -0.25) is 9.59 Å². The van der Waals surface area contributed by atoms with Crippen molar-refractivity contribution in [3.63, 3.8) is 0 Å². The third kappa shape index (κ3) is 6.63. The summed E-state index contributed by atoms with van der Waals surface area (Å²) in [5, 5.41) is 12.6. The van der Waals surface area contributed by atoms with E-state index in [1.165, 1.54) is 46.7 Å². The molecule has 228 valence electrons. The molecule has 3 heterocycles. The second-order valence-corrected chi connectivity index (χ2v) is 11.1. The molecule has 2 N–H and O–H groups in total. The molecule has 0 spiro atoms. The Hall–Kier alpha value is -3.43. The molecular weight excluding hydrogens is 585 g/mol. The highest BCUT2D eigenvalue weighted by Crippen LogP contribution is 2.40. The number of halogens is 5. The number of amides is 2. The van der Waals surface area contributed by atoms with Crippen molar-refractivity contribution in [2.75, 3.05) is 39.2 Å². The number of nitrogens with one attached hydrogen (secondary N) is 1. The van der Waals surface area contributed by atoms with E-state index >= 15 is 0 Å². The van der Waals surface area contributed by atoms with Crippen LogP contribution in [0.5, 0.6) is 0 Å². The van der Waals surface area contributed by atoms with E-state index in [1.54, 1.807) is 6.92 Å². The standard InChI is InChI=1S/C27H30F5N5O4S/c1-14-34-21-20(22(41-3)24(28)29)18(12-33-25(21)42-14)35-17-6-4-15(5-7-17)23(27(30,31)32)36(2)26(40)16-8-10-37(11-9-16)19(39)13-38/h4-7,12,16,22-24,35,38H,8-11,13H2,1-3H3/t22-,23-/m0/s1. The number of carbonyl (C=O) groups is 2. The molecule has 3 aromatic rings. The third-order valence-electron chi connectivity index (χ3n) is 7.22. The van der Waals surface area contributed by atoms with Gasteiger partial charge in [-0.2, -0.15) is 13.2 Å². The van der Waals surface area contributed by atoms with Gasteiger partial charge in [-0.25, -0.2) is 18.7 Å². The molecule has 1 aromatic carbocycles. The van der Waals surface area contributed by atoms with Gasteiger partial charge in [0.1, 0.15) is 23.1 Å². The largest absolute Gasteiger partial charge is 0.413 e. The van der Waals surface area contributed by atoms with Gasteiger partial charge in [0.2, 0.25) is 11.8 Å². The Morgan fingerprint density at radius 3 is 2.40 bits per heavy atom. The lowest BCUT2D eigenvalue weighted by atomic mass is 9.93. The van der Waals surface area contributed by atoms with Crippen LogP contribution in [0.2, 0.25) is 0 Å². The number of piperidine rings is 1. The van der Waals surface area contributed by atoms with E-state index in [4.69, 9.17) is 9.84 Å². The summed E-state index contributed by atoms with van der Waals surface area (Å²) in [5.41, 5.74) is 0.598. The van der Waals surface area contributed by atoms with Crippen LogP contribution >= 0.6 is 11.3 Å². The number of hydrogen-bond acceptors (Lipinski definition) is 8.